The van der Waals surface area contributed by atoms with Gasteiger partial charge >= 0.3 is 0 Å². The smallest absolute Gasteiger partial charge is 0.262 e. The molecule has 2 rings (SSSR count). The first kappa shape index (κ1) is 27.9. The van der Waals surface area contributed by atoms with Crippen LogP contribution in [0.25, 0.3) is 0 Å². The predicted octanol–water partition coefficient (Wildman–Crippen LogP) is 5.49. The number of carbonyl (C=O) groups excluding carboxylic acids is 2. The summed E-state index contributed by atoms with van der Waals surface area (Å²) in [6.07, 6.45) is 3.60. The van der Waals surface area contributed by atoms with E-state index in [9.17, 15) is 9.59 Å². The molecule has 34 heavy (non-hydrogen) atoms. The minimum Gasteiger partial charge on any atom is -0.487 e. The Morgan fingerprint density at radius 2 is 1.79 bits per heavy atom. The molecule has 0 saturated carbocycles. The molecule has 0 fully saturated rings. The van der Waals surface area contributed by atoms with E-state index < -0.39 is 17.9 Å². The largest absolute Gasteiger partial charge is 0.487 e. The fourth-order valence-electron chi connectivity index (χ4n) is 2.80. The van der Waals surface area contributed by atoms with Gasteiger partial charge in [-0.05, 0) is 86.2 Å². The normalized spacial score (nSPS) is 11.8. The Labute approximate surface area is 221 Å². The van der Waals surface area contributed by atoms with Crippen LogP contribution in [0.2, 0.25) is 5.02 Å². The molecule has 0 aliphatic heterocycles. The Morgan fingerprint density at radius 3 is 2.38 bits per heavy atom. The van der Waals surface area contributed by atoms with Crippen LogP contribution in [-0.4, -0.2) is 37.3 Å². The van der Waals surface area contributed by atoms with Crippen LogP contribution in [0.3, 0.4) is 0 Å². The number of ether oxygens (including phenoxy) is 2. The third kappa shape index (κ3) is 9.48. The SMILES string of the molecule is C=CCOc1c(Br)cc(/C=N\NC(=O)[C@H](CC(C)C)NC(=O)COc2ccc(Cl)cc2)cc1Br. The molecule has 0 aliphatic carbocycles. The van der Waals surface area contributed by atoms with Gasteiger partial charge in [0.25, 0.3) is 11.8 Å². The molecule has 2 aromatic carbocycles. The summed E-state index contributed by atoms with van der Waals surface area (Å²) in [6.45, 7) is 7.70. The molecule has 0 spiro atoms. The van der Waals surface area contributed by atoms with Crippen molar-refractivity contribution in [2.24, 2.45) is 11.0 Å². The minimum absolute atomic E-state index is 0.173. The van der Waals surface area contributed by atoms with Crippen molar-refractivity contribution in [2.45, 2.75) is 26.3 Å². The maximum absolute atomic E-state index is 12.7. The second-order valence-electron chi connectivity index (χ2n) is 7.64. The summed E-state index contributed by atoms with van der Waals surface area (Å²) in [5.41, 5.74) is 3.22. The number of hydrogen-bond donors (Lipinski definition) is 2. The highest BCUT2D eigenvalue weighted by molar-refractivity contribution is 9.11. The molecule has 0 unspecified atom stereocenters. The lowest BCUT2D eigenvalue weighted by atomic mass is 10.0. The number of nitrogens with one attached hydrogen (secondary N) is 2. The van der Waals surface area contributed by atoms with Crippen LogP contribution in [0.4, 0.5) is 0 Å². The molecule has 2 amide bonds. The summed E-state index contributed by atoms with van der Waals surface area (Å²) in [6, 6.07) is 9.52. The molecule has 182 valence electrons. The predicted molar refractivity (Wildman–Crippen MR) is 142 cm³/mol. The molecule has 7 nitrogen and oxygen atoms in total. The highest BCUT2D eigenvalue weighted by atomic mass is 79.9. The molecule has 2 N–H and O–H groups in total. The molecule has 0 heterocycles. The first-order chi connectivity index (χ1) is 16.2. The van der Waals surface area contributed by atoms with Crippen LogP contribution in [0.15, 0.2) is 63.1 Å². The second kappa shape index (κ2) is 14.1. The number of rotatable bonds is 12. The van der Waals surface area contributed by atoms with Crippen LogP contribution in [0.5, 0.6) is 11.5 Å². The van der Waals surface area contributed by atoms with Crippen molar-refractivity contribution in [3.8, 4) is 11.5 Å². The molecule has 0 radical (unpaired) electrons. The van der Waals surface area contributed by atoms with Gasteiger partial charge in [0.15, 0.2) is 6.61 Å². The number of amides is 2. The fourth-order valence-corrected chi connectivity index (χ4v) is 4.38. The van der Waals surface area contributed by atoms with Crippen molar-refractivity contribution in [2.75, 3.05) is 13.2 Å². The Hall–Kier alpha value is -2.36. The maximum Gasteiger partial charge on any atom is 0.262 e. The van der Waals surface area contributed by atoms with E-state index in [2.05, 4.69) is 54.3 Å². The quantitative estimate of drug-likeness (QED) is 0.188. The van der Waals surface area contributed by atoms with E-state index in [1.807, 2.05) is 13.8 Å². The van der Waals surface area contributed by atoms with E-state index in [0.29, 0.717) is 29.5 Å². The lowest BCUT2D eigenvalue weighted by molar-refractivity contribution is -0.130. The zero-order valence-electron chi connectivity index (χ0n) is 18.8. The number of halogens is 3. The Balaban J connectivity index is 1.96. The van der Waals surface area contributed by atoms with Crippen LogP contribution < -0.4 is 20.2 Å². The molecular formula is C24H26Br2ClN3O4. The van der Waals surface area contributed by atoms with Crippen molar-refractivity contribution in [1.82, 2.24) is 10.7 Å². The first-order valence-corrected chi connectivity index (χ1v) is 12.4. The molecule has 0 saturated heterocycles. The van der Waals surface area contributed by atoms with Gasteiger partial charge in [0, 0.05) is 5.02 Å². The van der Waals surface area contributed by atoms with E-state index in [1.54, 1.807) is 42.5 Å². The molecular weight excluding hydrogens is 590 g/mol. The van der Waals surface area contributed by atoms with Crippen LogP contribution in [0, 0.1) is 5.92 Å². The monoisotopic (exact) mass is 613 g/mol. The van der Waals surface area contributed by atoms with Crippen LogP contribution >= 0.6 is 43.5 Å². The molecule has 0 bridgehead atoms. The van der Waals surface area contributed by atoms with E-state index in [1.165, 1.54) is 6.21 Å². The molecule has 2 aromatic rings. The number of hydrogen-bond acceptors (Lipinski definition) is 5. The zero-order valence-corrected chi connectivity index (χ0v) is 22.7. The summed E-state index contributed by atoms with van der Waals surface area (Å²) in [5, 5.41) is 7.31. The Morgan fingerprint density at radius 1 is 1.15 bits per heavy atom. The maximum atomic E-state index is 12.7. The second-order valence-corrected chi connectivity index (χ2v) is 9.78. The fraction of sp³-hybridized carbons (Fsp3) is 0.292. The first-order valence-electron chi connectivity index (χ1n) is 10.4. The van der Waals surface area contributed by atoms with Gasteiger partial charge in [0.2, 0.25) is 0 Å². The van der Waals surface area contributed by atoms with Gasteiger partial charge in [-0.25, -0.2) is 5.43 Å². The molecule has 0 aromatic heterocycles. The van der Waals surface area contributed by atoms with Gasteiger partial charge in [-0.2, -0.15) is 5.10 Å². The highest BCUT2D eigenvalue weighted by Gasteiger charge is 2.22. The van der Waals surface area contributed by atoms with Crippen molar-refractivity contribution in [3.05, 3.63) is 68.6 Å². The summed E-state index contributed by atoms with van der Waals surface area (Å²) in [7, 11) is 0. The van der Waals surface area contributed by atoms with E-state index in [-0.39, 0.29) is 12.5 Å². The van der Waals surface area contributed by atoms with Crippen molar-refractivity contribution in [3.63, 3.8) is 0 Å². The standard InChI is InChI=1S/C24H26Br2ClN3O4/c1-4-9-33-23-19(25)11-16(12-20(23)26)13-28-30-24(32)21(10-15(2)3)29-22(31)14-34-18-7-5-17(27)6-8-18/h4-8,11-13,15,21H,1,9-10,14H2,2-3H3,(H,29,31)(H,30,32)/b28-13-/t21-/m0/s1. The van der Waals surface area contributed by atoms with Crippen molar-refractivity contribution in [1.29, 1.82) is 0 Å². The van der Waals surface area contributed by atoms with E-state index in [4.69, 9.17) is 21.1 Å². The molecule has 1 atom stereocenters. The Bertz CT molecular complexity index is 1010. The van der Waals surface area contributed by atoms with Crippen molar-refractivity contribution >= 4 is 61.5 Å². The average molecular weight is 616 g/mol. The molecule has 10 heteroatoms. The number of carbonyl (C=O) groups is 2. The number of nitrogens with zero attached hydrogens (tertiary/aromatic N) is 1. The third-order valence-electron chi connectivity index (χ3n) is 4.30. The summed E-state index contributed by atoms with van der Waals surface area (Å²) in [5.74, 6) is 0.484. The van der Waals surface area contributed by atoms with Gasteiger partial charge in [0.05, 0.1) is 15.2 Å². The van der Waals surface area contributed by atoms with Gasteiger partial charge < -0.3 is 14.8 Å². The topological polar surface area (TPSA) is 89.0 Å². The summed E-state index contributed by atoms with van der Waals surface area (Å²) >= 11 is 12.8. The lowest BCUT2D eigenvalue weighted by Gasteiger charge is -2.19. The molecule has 0 aliphatic rings. The summed E-state index contributed by atoms with van der Waals surface area (Å²) in [4.78, 5) is 25.0. The van der Waals surface area contributed by atoms with Gasteiger partial charge in [-0.1, -0.05) is 38.1 Å². The van der Waals surface area contributed by atoms with E-state index in [0.717, 1.165) is 14.5 Å². The summed E-state index contributed by atoms with van der Waals surface area (Å²) < 4.78 is 12.5. The van der Waals surface area contributed by atoms with E-state index >= 15 is 0 Å². The minimum atomic E-state index is -0.758. The highest BCUT2D eigenvalue weighted by Crippen LogP contribution is 2.34. The number of hydrazone groups is 1. The van der Waals surface area contributed by atoms with Crippen LogP contribution in [0.1, 0.15) is 25.8 Å². The third-order valence-corrected chi connectivity index (χ3v) is 5.73. The van der Waals surface area contributed by atoms with Crippen LogP contribution in [-0.2, 0) is 9.59 Å². The average Bonchev–Trinajstić information content (AvgIpc) is 2.77. The van der Waals surface area contributed by atoms with Gasteiger partial charge in [-0.3, -0.25) is 9.59 Å². The Kier molecular flexibility index (Phi) is 11.6. The zero-order chi connectivity index (χ0) is 25.1. The lowest BCUT2D eigenvalue weighted by Crippen LogP contribution is -2.47. The van der Waals surface area contributed by atoms with Crippen molar-refractivity contribution < 1.29 is 19.1 Å². The van der Waals surface area contributed by atoms with Gasteiger partial charge in [-0.15, -0.1) is 0 Å². The van der Waals surface area contributed by atoms with Gasteiger partial charge in [0.1, 0.15) is 24.1 Å². The number of benzene rings is 2.